The molecule has 2 rings (SSSR count). The van der Waals surface area contributed by atoms with Crippen molar-refractivity contribution in [3.8, 4) is 0 Å². The van der Waals surface area contributed by atoms with Crippen molar-refractivity contribution < 1.29 is 9.84 Å². The summed E-state index contributed by atoms with van der Waals surface area (Å²) in [7, 11) is 0. The highest BCUT2D eigenvalue weighted by Crippen LogP contribution is 2.30. The molecule has 2 aliphatic rings. The highest BCUT2D eigenvalue weighted by atomic mass is 16.5. The van der Waals surface area contributed by atoms with Gasteiger partial charge in [0, 0.05) is 31.7 Å². The minimum atomic E-state index is -0.123. The van der Waals surface area contributed by atoms with E-state index < -0.39 is 0 Å². The lowest BCUT2D eigenvalue weighted by molar-refractivity contribution is 0.0379. The van der Waals surface area contributed by atoms with Crippen molar-refractivity contribution in [2.24, 2.45) is 5.41 Å². The van der Waals surface area contributed by atoms with E-state index in [1.807, 2.05) is 0 Å². The van der Waals surface area contributed by atoms with Gasteiger partial charge in [0.1, 0.15) is 0 Å². The van der Waals surface area contributed by atoms with Gasteiger partial charge in [0.2, 0.25) is 0 Å². The first-order chi connectivity index (χ1) is 8.74. The minimum Gasteiger partial charge on any atom is -0.392 e. The number of β-amino-alcohol motifs (C(OH)–C–C–N with tert-alkyl or cyclic N) is 1. The summed E-state index contributed by atoms with van der Waals surface area (Å²) in [6.07, 6.45) is 4.30. The van der Waals surface area contributed by atoms with Crippen molar-refractivity contribution in [1.29, 1.82) is 0 Å². The summed E-state index contributed by atoms with van der Waals surface area (Å²) in [5.74, 6) is 0. The van der Waals surface area contributed by atoms with E-state index in [1.165, 1.54) is 6.42 Å². The predicted molar refractivity (Wildman–Crippen MR) is 72.7 cm³/mol. The third-order valence-corrected chi connectivity index (χ3v) is 4.15. The average molecular weight is 256 g/mol. The molecule has 106 valence electrons. The highest BCUT2D eigenvalue weighted by molar-refractivity contribution is 4.89. The van der Waals surface area contributed by atoms with Crippen molar-refractivity contribution in [3.05, 3.63) is 0 Å². The predicted octanol–water partition coefficient (Wildman–Crippen LogP) is 0.849. The Morgan fingerprint density at radius 1 is 1.50 bits per heavy atom. The molecule has 2 aliphatic heterocycles. The van der Waals surface area contributed by atoms with E-state index in [0.717, 1.165) is 65.2 Å². The molecule has 2 saturated heterocycles. The molecule has 2 heterocycles. The molecule has 2 fully saturated rings. The van der Waals surface area contributed by atoms with Crippen LogP contribution < -0.4 is 5.32 Å². The Balaban J connectivity index is 1.84. The first kappa shape index (κ1) is 14.3. The van der Waals surface area contributed by atoms with Crippen LogP contribution in [0.15, 0.2) is 0 Å². The quantitative estimate of drug-likeness (QED) is 0.692. The fourth-order valence-corrected chi connectivity index (χ4v) is 3.15. The molecule has 0 radical (unpaired) electrons. The molecule has 0 aliphatic carbocycles. The zero-order valence-corrected chi connectivity index (χ0v) is 11.7. The summed E-state index contributed by atoms with van der Waals surface area (Å²) in [6, 6.07) is 0. The normalized spacial score (nSPS) is 34.0. The fourth-order valence-electron chi connectivity index (χ4n) is 3.15. The van der Waals surface area contributed by atoms with Crippen LogP contribution in [0.5, 0.6) is 0 Å². The van der Waals surface area contributed by atoms with Gasteiger partial charge in [-0.05, 0) is 38.8 Å². The molecule has 4 heteroatoms. The molecule has 0 spiro atoms. The molecular weight excluding hydrogens is 228 g/mol. The van der Waals surface area contributed by atoms with Gasteiger partial charge in [-0.1, -0.05) is 6.92 Å². The number of nitrogens with zero attached hydrogens (tertiary/aromatic N) is 1. The number of likely N-dealkylation sites (tertiary alicyclic amines) is 1. The summed E-state index contributed by atoms with van der Waals surface area (Å²) < 4.78 is 5.63. The van der Waals surface area contributed by atoms with Gasteiger partial charge in [0.05, 0.1) is 12.7 Å². The number of hydrogen-bond donors (Lipinski definition) is 2. The standard InChI is InChI=1S/C14H28N2O2/c1-2-6-15-10-14(5-8-18-12-14)11-16-7-3-4-13(17)9-16/h13,15,17H,2-12H2,1H3. The van der Waals surface area contributed by atoms with E-state index in [2.05, 4.69) is 17.1 Å². The second kappa shape index (κ2) is 6.85. The van der Waals surface area contributed by atoms with Gasteiger partial charge < -0.3 is 20.1 Å². The van der Waals surface area contributed by atoms with Gasteiger partial charge in [-0.15, -0.1) is 0 Å². The Hall–Kier alpha value is -0.160. The number of aliphatic hydroxyl groups is 1. The van der Waals surface area contributed by atoms with E-state index >= 15 is 0 Å². The van der Waals surface area contributed by atoms with E-state index in [0.29, 0.717) is 0 Å². The van der Waals surface area contributed by atoms with Crippen molar-refractivity contribution in [2.45, 2.75) is 38.7 Å². The first-order valence-corrected chi connectivity index (χ1v) is 7.43. The van der Waals surface area contributed by atoms with Gasteiger partial charge in [0.15, 0.2) is 0 Å². The van der Waals surface area contributed by atoms with Crippen LogP contribution in [0, 0.1) is 5.41 Å². The topological polar surface area (TPSA) is 44.7 Å². The minimum absolute atomic E-state index is 0.123. The molecule has 0 aromatic heterocycles. The number of ether oxygens (including phenoxy) is 1. The number of hydrogen-bond acceptors (Lipinski definition) is 4. The fraction of sp³-hybridized carbons (Fsp3) is 1.00. The van der Waals surface area contributed by atoms with Crippen LogP contribution in [0.3, 0.4) is 0 Å². The van der Waals surface area contributed by atoms with Gasteiger partial charge in [-0.3, -0.25) is 0 Å². The van der Waals surface area contributed by atoms with Crippen LogP contribution in [0.25, 0.3) is 0 Å². The summed E-state index contributed by atoms with van der Waals surface area (Å²) >= 11 is 0. The lowest BCUT2D eigenvalue weighted by Crippen LogP contribution is -2.48. The Morgan fingerprint density at radius 2 is 2.39 bits per heavy atom. The maximum atomic E-state index is 9.76. The smallest absolute Gasteiger partial charge is 0.0667 e. The molecule has 2 unspecified atom stereocenters. The Labute approximate surface area is 111 Å². The first-order valence-electron chi connectivity index (χ1n) is 7.43. The van der Waals surface area contributed by atoms with Crippen molar-refractivity contribution in [3.63, 3.8) is 0 Å². The highest BCUT2D eigenvalue weighted by Gasteiger charge is 2.37. The number of nitrogens with one attached hydrogen (secondary N) is 1. The maximum Gasteiger partial charge on any atom is 0.0667 e. The monoisotopic (exact) mass is 256 g/mol. The third kappa shape index (κ3) is 3.92. The molecule has 0 bridgehead atoms. The molecule has 18 heavy (non-hydrogen) atoms. The molecule has 0 amide bonds. The number of piperidine rings is 1. The van der Waals surface area contributed by atoms with Gasteiger partial charge in [-0.25, -0.2) is 0 Å². The van der Waals surface area contributed by atoms with Crippen LogP contribution in [-0.4, -0.2) is 62.0 Å². The number of aliphatic hydroxyl groups excluding tert-OH is 1. The molecule has 2 atom stereocenters. The van der Waals surface area contributed by atoms with Crippen molar-refractivity contribution >= 4 is 0 Å². The molecular formula is C14H28N2O2. The van der Waals surface area contributed by atoms with Crippen LogP contribution >= 0.6 is 0 Å². The Bertz CT molecular complexity index is 242. The average Bonchev–Trinajstić information content (AvgIpc) is 2.78. The SMILES string of the molecule is CCCNCC1(CN2CCCC(O)C2)CCOC1. The molecule has 4 nitrogen and oxygen atoms in total. The largest absolute Gasteiger partial charge is 0.392 e. The van der Waals surface area contributed by atoms with Gasteiger partial charge >= 0.3 is 0 Å². The lowest BCUT2D eigenvalue weighted by atomic mass is 9.85. The number of rotatable bonds is 6. The Kier molecular flexibility index (Phi) is 5.42. The summed E-state index contributed by atoms with van der Waals surface area (Å²) in [5, 5.41) is 13.3. The van der Waals surface area contributed by atoms with Gasteiger partial charge in [-0.2, -0.15) is 0 Å². The second-order valence-corrected chi connectivity index (χ2v) is 6.01. The van der Waals surface area contributed by atoms with E-state index in [4.69, 9.17) is 4.74 Å². The summed E-state index contributed by atoms with van der Waals surface area (Å²) in [5.41, 5.74) is 0.270. The van der Waals surface area contributed by atoms with E-state index in [-0.39, 0.29) is 11.5 Å². The molecule has 0 aromatic rings. The third-order valence-electron chi connectivity index (χ3n) is 4.15. The summed E-state index contributed by atoms with van der Waals surface area (Å²) in [4.78, 5) is 2.43. The van der Waals surface area contributed by atoms with Crippen LogP contribution in [0.2, 0.25) is 0 Å². The zero-order chi connectivity index (χ0) is 12.8. The van der Waals surface area contributed by atoms with Gasteiger partial charge in [0.25, 0.3) is 0 Å². The van der Waals surface area contributed by atoms with Crippen LogP contribution in [0.4, 0.5) is 0 Å². The van der Waals surface area contributed by atoms with Crippen LogP contribution in [-0.2, 0) is 4.74 Å². The lowest BCUT2D eigenvalue weighted by Gasteiger charge is -2.37. The molecule has 0 aromatic carbocycles. The maximum absolute atomic E-state index is 9.76. The molecule has 0 saturated carbocycles. The van der Waals surface area contributed by atoms with Crippen molar-refractivity contribution in [2.75, 3.05) is 45.9 Å². The summed E-state index contributed by atoms with van der Waals surface area (Å²) in [6.45, 7) is 9.15. The molecule has 2 N–H and O–H groups in total. The van der Waals surface area contributed by atoms with Crippen molar-refractivity contribution in [1.82, 2.24) is 10.2 Å². The zero-order valence-electron chi connectivity index (χ0n) is 11.7. The van der Waals surface area contributed by atoms with Crippen LogP contribution in [0.1, 0.15) is 32.6 Å². The van der Waals surface area contributed by atoms with E-state index in [9.17, 15) is 5.11 Å². The second-order valence-electron chi connectivity index (χ2n) is 6.01. The van der Waals surface area contributed by atoms with E-state index in [1.54, 1.807) is 0 Å². The Morgan fingerprint density at radius 3 is 3.06 bits per heavy atom.